The van der Waals surface area contributed by atoms with E-state index in [-0.39, 0.29) is 12.1 Å². The Morgan fingerprint density at radius 1 is 1.27 bits per heavy atom. The molecule has 4 rings (SSSR count). The zero-order chi connectivity index (χ0) is 18.1. The van der Waals surface area contributed by atoms with Gasteiger partial charge in [-0.15, -0.1) is 0 Å². The molecule has 0 atom stereocenters. The van der Waals surface area contributed by atoms with Gasteiger partial charge in [0.15, 0.2) is 11.5 Å². The number of rotatable bonds is 4. The van der Waals surface area contributed by atoms with Crippen molar-refractivity contribution in [2.45, 2.75) is 13.5 Å². The first-order valence-electron chi connectivity index (χ1n) is 7.83. The third-order valence-corrected chi connectivity index (χ3v) is 3.76. The van der Waals surface area contributed by atoms with Crippen molar-refractivity contribution < 1.29 is 9.32 Å². The minimum atomic E-state index is -0.406. The van der Waals surface area contributed by atoms with Crippen LogP contribution in [0.25, 0.3) is 16.7 Å². The van der Waals surface area contributed by atoms with Gasteiger partial charge in [-0.1, -0.05) is 23.4 Å². The molecule has 3 aromatic heterocycles. The number of benzene rings is 1. The molecular weight excluding hydrogens is 336 g/mol. The smallest absolute Gasteiger partial charge is 0.264 e. The van der Waals surface area contributed by atoms with Gasteiger partial charge in [-0.2, -0.15) is 5.10 Å². The molecule has 0 aliphatic carbocycles. The van der Waals surface area contributed by atoms with Gasteiger partial charge in [0.05, 0.1) is 11.9 Å². The van der Waals surface area contributed by atoms with E-state index in [2.05, 4.69) is 20.6 Å². The lowest BCUT2D eigenvalue weighted by atomic mass is 10.3. The van der Waals surface area contributed by atoms with Gasteiger partial charge < -0.3 is 9.84 Å². The summed E-state index contributed by atoms with van der Waals surface area (Å²) in [4.78, 5) is 29.0. The number of nitrogens with zero attached hydrogens (tertiary/aromatic N) is 5. The molecule has 1 amide bonds. The maximum absolute atomic E-state index is 12.6. The van der Waals surface area contributed by atoms with Crippen LogP contribution in [-0.4, -0.2) is 30.4 Å². The number of aryl methyl sites for hydroxylation is 1. The van der Waals surface area contributed by atoms with Crippen LogP contribution >= 0.6 is 0 Å². The van der Waals surface area contributed by atoms with Crippen LogP contribution in [0.3, 0.4) is 0 Å². The first-order chi connectivity index (χ1) is 12.6. The Bertz CT molecular complexity index is 1140. The molecule has 4 aromatic rings. The second-order valence-corrected chi connectivity index (χ2v) is 5.68. The fourth-order valence-corrected chi connectivity index (χ4v) is 2.58. The maximum Gasteiger partial charge on any atom is 0.264 e. The SMILES string of the molecule is Cc1cc(NC(=O)Cn2cnc3c(cnn3-c3ccccc3)c2=O)no1. The normalized spacial score (nSPS) is 11.0. The van der Waals surface area contributed by atoms with Crippen LogP contribution < -0.4 is 10.9 Å². The van der Waals surface area contributed by atoms with Crippen LogP contribution in [0.4, 0.5) is 5.82 Å². The molecule has 0 aliphatic heterocycles. The number of anilines is 1. The predicted molar refractivity (Wildman–Crippen MR) is 93.0 cm³/mol. The Hall–Kier alpha value is -3.75. The van der Waals surface area contributed by atoms with E-state index in [1.807, 2.05) is 30.3 Å². The average Bonchev–Trinajstić information content (AvgIpc) is 3.24. The van der Waals surface area contributed by atoms with E-state index in [0.29, 0.717) is 22.6 Å². The fourth-order valence-electron chi connectivity index (χ4n) is 2.58. The van der Waals surface area contributed by atoms with Crippen molar-refractivity contribution in [1.29, 1.82) is 0 Å². The summed E-state index contributed by atoms with van der Waals surface area (Å²) in [6.07, 6.45) is 2.78. The first kappa shape index (κ1) is 15.8. The van der Waals surface area contributed by atoms with Crippen molar-refractivity contribution >= 4 is 22.8 Å². The summed E-state index contributed by atoms with van der Waals surface area (Å²) in [5.74, 6) is 0.470. The first-order valence-corrected chi connectivity index (χ1v) is 7.83. The molecule has 0 saturated carbocycles. The highest BCUT2D eigenvalue weighted by Crippen LogP contribution is 2.13. The Morgan fingerprint density at radius 3 is 2.81 bits per heavy atom. The summed E-state index contributed by atoms with van der Waals surface area (Å²) < 4.78 is 7.69. The second-order valence-electron chi connectivity index (χ2n) is 5.68. The average molecular weight is 350 g/mol. The Morgan fingerprint density at radius 2 is 2.08 bits per heavy atom. The van der Waals surface area contributed by atoms with Crippen molar-refractivity contribution in [2.24, 2.45) is 0 Å². The highest BCUT2D eigenvalue weighted by Gasteiger charge is 2.14. The number of nitrogens with one attached hydrogen (secondary N) is 1. The number of hydrogen-bond acceptors (Lipinski definition) is 6. The van der Waals surface area contributed by atoms with E-state index in [0.717, 1.165) is 5.69 Å². The van der Waals surface area contributed by atoms with Gasteiger partial charge in [-0.25, -0.2) is 9.67 Å². The number of carbonyl (C=O) groups excluding carboxylic acids is 1. The van der Waals surface area contributed by atoms with Gasteiger partial charge in [0.1, 0.15) is 24.0 Å². The summed E-state index contributed by atoms with van der Waals surface area (Å²) >= 11 is 0. The van der Waals surface area contributed by atoms with Gasteiger partial charge in [0.2, 0.25) is 5.91 Å². The molecule has 130 valence electrons. The van der Waals surface area contributed by atoms with E-state index in [9.17, 15) is 9.59 Å². The molecule has 0 unspecified atom stereocenters. The standard InChI is InChI=1S/C17H14N6O3/c1-11-7-14(21-26-11)20-15(24)9-22-10-18-16-13(17(22)25)8-19-23(16)12-5-3-2-4-6-12/h2-8,10H,9H2,1H3,(H,20,21,24). The van der Waals surface area contributed by atoms with Gasteiger partial charge in [-0.05, 0) is 19.1 Å². The Labute approximate surface area is 146 Å². The Balaban J connectivity index is 1.62. The maximum atomic E-state index is 12.6. The lowest BCUT2D eigenvalue weighted by Crippen LogP contribution is -2.27. The largest absolute Gasteiger partial charge is 0.360 e. The quantitative estimate of drug-likeness (QED) is 0.598. The van der Waals surface area contributed by atoms with Crippen LogP contribution in [0.1, 0.15) is 5.76 Å². The van der Waals surface area contributed by atoms with Crippen LogP contribution in [0.5, 0.6) is 0 Å². The molecule has 9 heteroatoms. The van der Waals surface area contributed by atoms with Gasteiger partial charge in [0, 0.05) is 6.07 Å². The van der Waals surface area contributed by atoms with Crippen LogP contribution in [0, 0.1) is 6.92 Å². The molecule has 3 heterocycles. The highest BCUT2D eigenvalue weighted by molar-refractivity contribution is 5.89. The monoisotopic (exact) mass is 350 g/mol. The van der Waals surface area contributed by atoms with Crippen molar-refractivity contribution in [3.05, 3.63) is 65.0 Å². The third kappa shape index (κ3) is 2.86. The van der Waals surface area contributed by atoms with E-state index >= 15 is 0 Å². The zero-order valence-corrected chi connectivity index (χ0v) is 13.8. The number of hydrogen-bond donors (Lipinski definition) is 1. The van der Waals surface area contributed by atoms with Crippen LogP contribution in [0.2, 0.25) is 0 Å². The third-order valence-electron chi connectivity index (χ3n) is 3.76. The summed E-state index contributed by atoms with van der Waals surface area (Å²) in [5.41, 5.74) is 0.889. The summed E-state index contributed by atoms with van der Waals surface area (Å²) in [6, 6.07) is 11.0. The van der Waals surface area contributed by atoms with Gasteiger partial charge in [0.25, 0.3) is 5.56 Å². The summed E-state index contributed by atoms with van der Waals surface area (Å²) in [7, 11) is 0. The topological polar surface area (TPSA) is 108 Å². The molecule has 0 radical (unpaired) electrons. The van der Waals surface area contributed by atoms with Crippen molar-refractivity contribution in [2.75, 3.05) is 5.32 Å². The van der Waals surface area contributed by atoms with Crippen LogP contribution in [0.15, 0.2) is 58.2 Å². The molecule has 0 aliphatic rings. The molecule has 0 saturated heterocycles. The van der Waals surface area contributed by atoms with E-state index in [1.165, 1.54) is 17.1 Å². The lowest BCUT2D eigenvalue weighted by molar-refractivity contribution is -0.116. The molecule has 9 nitrogen and oxygen atoms in total. The predicted octanol–water partition coefficient (Wildman–Crippen LogP) is 1.52. The lowest BCUT2D eigenvalue weighted by Gasteiger charge is -2.06. The van der Waals surface area contributed by atoms with Gasteiger partial charge >= 0.3 is 0 Å². The number of para-hydroxylation sites is 1. The molecular formula is C17H14N6O3. The van der Waals surface area contributed by atoms with Crippen molar-refractivity contribution in [3.8, 4) is 5.69 Å². The van der Waals surface area contributed by atoms with Gasteiger partial charge in [-0.3, -0.25) is 14.2 Å². The van der Waals surface area contributed by atoms with E-state index < -0.39 is 5.91 Å². The molecule has 0 bridgehead atoms. The van der Waals surface area contributed by atoms with E-state index in [1.54, 1.807) is 17.7 Å². The minimum Gasteiger partial charge on any atom is -0.360 e. The summed E-state index contributed by atoms with van der Waals surface area (Å²) in [6.45, 7) is 1.53. The fraction of sp³-hybridized carbons (Fsp3) is 0.118. The molecule has 0 fully saturated rings. The summed E-state index contributed by atoms with van der Waals surface area (Å²) in [5, 5.41) is 10.8. The molecule has 0 spiro atoms. The zero-order valence-electron chi connectivity index (χ0n) is 13.8. The van der Waals surface area contributed by atoms with Crippen molar-refractivity contribution in [3.63, 3.8) is 0 Å². The molecule has 1 N–H and O–H groups in total. The number of carbonyl (C=O) groups is 1. The number of aromatic nitrogens is 5. The van der Waals surface area contributed by atoms with Crippen molar-refractivity contribution in [1.82, 2.24) is 24.5 Å². The van der Waals surface area contributed by atoms with Crippen LogP contribution in [-0.2, 0) is 11.3 Å². The minimum absolute atomic E-state index is 0.190. The Kier molecular flexibility index (Phi) is 3.81. The molecule has 1 aromatic carbocycles. The number of amides is 1. The molecule has 26 heavy (non-hydrogen) atoms. The second kappa shape index (κ2) is 6.28. The van der Waals surface area contributed by atoms with E-state index in [4.69, 9.17) is 4.52 Å². The number of fused-ring (bicyclic) bond motifs is 1. The highest BCUT2D eigenvalue weighted by atomic mass is 16.5.